The van der Waals surface area contributed by atoms with Gasteiger partial charge in [-0.15, -0.1) is 0 Å². The molecule has 0 aliphatic carbocycles. The monoisotopic (exact) mass is 383 g/mol. The van der Waals surface area contributed by atoms with E-state index in [1.165, 1.54) is 0 Å². The fourth-order valence-electron chi connectivity index (χ4n) is 2.96. The predicted octanol–water partition coefficient (Wildman–Crippen LogP) is 2.41. The van der Waals surface area contributed by atoms with Gasteiger partial charge in [-0.05, 0) is 36.8 Å². The lowest BCUT2D eigenvalue weighted by molar-refractivity contribution is 0.0265. The standard InChI is InChI=1S/C20H21N3O5/c21-20(24)14-9-15-11-22-13-23(15)19(10-14)28-17-3-1-16(2-4-17)26-7-8-27-18-5-6-25-12-18/h1-4,9-11,13,18H,5-8,12H2,(H2,21,24). The van der Waals surface area contributed by atoms with Gasteiger partial charge in [-0.25, -0.2) is 4.98 Å². The van der Waals surface area contributed by atoms with E-state index in [0.717, 1.165) is 24.3 Å². The molecule has 0 bridgehead atoms. The number of benzene rings is 1. The molecule has 8 heteroatoms. The summed E-state index contributed by atoms with van der Waals surface area (Å²) in [6.07, 6.45) is 4.36. The van der Waals surface area contributed by atoms with Gasteiger partial charge < -0.3 is 24.7 Å². The molecule has 3 aromatic rings. The first-order valence-electron chi connectivity index (χ1n) is 9.05. The van der Waals surface area contributed by atoms with Crippen molar-refractivity contribution in [3.63, 3.8) is 0 Å². The summed E-state index contributed by atoms with van der Waals surface area (Å²) in [4.78, 5) is 15.6. The molecule has 28 heavy (non-hydrogen) atoms. The smallest absolute Gasteiger partial charge is 0.248 e. The zero-order chi connectivity index (χ0) is 19.3. The third-order valence-corrected chi connectivity index (χ3v) is 4.41. The molecule has 2 N–H and O–H groups in total. The van der Waals surface area contributed by atoms with Crippen molar-refractivity contribution >= 4 is 11.4 Å². The molecule has 0 radical (unpaired) electrons. The first-order chi connectivity index (χ1) is 13.7. The molecule has 2 aromatic heterocycles. The Kier molecular flexibility index (Phi) is 5.41. The van der Waals surface area contributed by atoms with E-state index in [9.17, 15) is 4.79 Å². The number of ether oxygens (including phenoxy) is 4. The number of fused-ring (bicyclic) bond motifs is 1. The minimum absolute atomic E-state index is 0.176. The second kappa shape index (κ2) is 8.28. The van der Waals surface area contributed by atoms with E-state index < -0.39 is 5.91 Å². The number of primary amides is 1. The van der Waals surface area contributed by atoms with E-state index in [4.69, 9.17) is 24.7 Å². The number of hydrogen-bond acceptors (Lipinski definition) is 6. The summed E-state index contributed by atoms with van der Waals surface area (Å²) in [5, 5.41) is 0. The second-order valence-corrected chi connectivity index (χ2v) is 6.41. The van der Waals surface area contributed by atoms with Gasteiger partial charge in [0.1, 0.15) is 24.4 Å². The molecule has 1 saturated heterocycles. The van der Waals surface area contributed by atoms with Crippen molar-refractivity contribution in [3.05, 3.63) is 54.5 Å². The Balaban J connectivity index is 1.37. The van der Waals surface area contributed by atoms with Crippen LogP contribution in [0.2, 0.25) is 0 Å². The van der Waals surface area contributed by atoms with Crippen molar-refractivity contribution in [3.8, 4) is 17.4 Å². The van der Waals surface area contributed by atoms with Crippen LogP contribution < -0.4 is 15.2 Å². The molecule has 1 atom stereocenters. The molecule has 0 saturated carbocycles. The zero-order valence-electron chi connectivity index (χ0n) is 15.2. The summed E-state index contributed by atoms with van der Waals surface area (Å²) in [6, 6.07) is 10.5. The fraction of sp³-hybridized carbons (Fsp3) is 0.300. The average molecular weight is 383 g/mol. The number of hydrogen-bond donors (Lipinski definition) is 1. The van der Waals surface area contributed by atoms with Crippen LogP contribution in [0.4, 0.5) is 0 Å². The van der Waals surface area contributed by atoms with Gasteiger partial charge in [0.15, 0.2) is 0 Å². The molecular formula is C20H21N3O5. The van der Waals surface area contributed by atoms with Crippen molar-refractivity contribution < 1.29 is 23.7 Å². The van der Waals surface area contributed by atoms with Crippen LogP contribution in [0.15, 0.2) is 48.9 Å². The third kappa shape index (κ3) is 4.24. The normalized spacial score (nSPS) is 16.4. The van der Waals surface area contributed by atoms with Crippen LogP contribution >= 0.6 is 0 Å². The molecule has 1 fully saturated rings. The fourth-order valence-corrected chi connectivity index (χ4v) is 2.96. The van der Waals surface area contributed by atoms with E-state index in [2.05, 4.69) is 4.98 Å². The average Bonchev–Trinajstić information content (AvgIpc) is 3.38. The van der Waals surface area contributed by atoms with E-state index in [1.807, 2.05) is 12.1 Å². The number of carbonyl (C=O) groups excluding carboxylic acids is 1. The van der Waals surface area contributed by atoms with E-state index in [1.54, 1.807) is 41.2 Å². The van der Waals surface area contributed by atoms with E-state index >= 15 is 0 Å². The van der Waals surface area contributed by atoms with Gasteiger partial charge in [0.2, 0.25) is 11.8 Å². The van der Waals surface area contributed by atoms with Gasteiger partial charge in [-0.2, -0.15) is 0 Å². The number of carbonyl (C=O) groups is 1. The maximum atomic E-state index is 11.5. The Morgan fingerprint density at radius 1 is 1.21 bits per heavy atom. The number of pyridine rings is 1. The molecule has 4 rings (SSSR count). The molecule has 1 aliphatic rings. The Bertz CT molecular complexity index is 948. The summed E-state index contributed by atoms with van der Waals surface area (Å²) in [5.41, 5.74) is 6.47. The Morgan fingerprint density at radius 2 is 2.04 bits per heavy atom. The molecule has 1 aliphatic heterocycles. The number of amides is 1. The first-order valence-corrected chi connectivity index (χ1v) is 9.05. The quantitative estimate of drug-likeness (QED) is 0.600. The summed E-state index contributed by atoms with van der Waals surface area (Å²) >= 11 is 0. The third-order valence-electron chi connectivity index (χ3n) is 4.41. The van der Waals surface area contributed by atoms with Gasteiger partial charge in [0, 0.05) is 18.2 Å². The number of imidazole rings is 1. The van der Waals surface area contributed by atoms with Crippen LogP contribution in [0.3, 0.4) is 0 Å². The van der Waals surface area contributed by atoms with Crippen molar-refractivity contribution in [2.45, 2.75) is 12.5 Å². The largest absolute Gasteiger partial charge is 0.491 e. The highest BCUT2D eigenvalue weighted by Crippen LogP contribution is 2.26. The highest BCUT2D eigenvalue weighted by Gasteiger charge is 2.15. The maximum Gasteiger partial charge on any atom is 0.248 e. The van der Waals surface area contributed by atoms with Crippen LogP contribution in [0, 0.1) is 0 Å². The van der Waals surface area contributed by atoms with Gasteiger partial charge in [0.05, 0.1) is 31.0 Å². The molecule has 0 spiro atoms. The number of aromatic nitrogens is 2. The topological polar surface area (TPSA) is 97.3 Å². The SMILES string of the molecule is NC(=O)c1cc(Oc2ccc(OCCOC3CCOC3)cc2)n2cncc2c1. The lowest BCUT2D eigenvalue weighted by Crippen LogP contribution is -2.16. The molecule has 1 amide bonds. The van der Waals surface area contributed by atoms with Crippen LogP contribution in [-0.2, 0) is 9.47 Å². The number of nitrogens with zero attached hydrogens (tertiary/aromatic N) is 2. The molecule has 1 aromatic carbocycles. The summed E-state index contributed by atoms with van der Waals surface area (Å²) in [6.45, 7) is 2.41. The van der Waals surface area contributed by atoms with Crippen LogP contribution in [-0.4, -0.2) is 47.8 Å². The lowest BCUT2D eigenvalue weighted by Gasteiger charge is -2.12. The minimum atomic E-state index is -0.524. The Labute approximate surface area is 161 Å². The van der Waals surface area contributed by atoms with E-state index in [-0.39, 0.29) is 6.10 Å². The molecule has 1 unspecified atom stereocenters. The summed E-state index contributed by atoms with van der Waals surface area (Å²) in [5.74, 6) is 1.24. The first kappa shape index (κ1) is 18.3. The van der Waals surface area contributed by atoms with E-state index in [0.29, 0.717) is 37.0 Å². The van der Waals surface area contributed by atoms with Crippen molar-refractivity contribution in [2.75, 3.05) is 26.4 Å². The van der Waals surface area contributed by atoms with Gasteiger partial charge in [-0.1, -0.05) is 0 Å². The Morgan fingerprint density at radius 3 is 2.79 bits per heavy atom. The Hall–Kier alpha value is -3.10. The van der Waals surface area contributed by atoms with Gasteiger partial charge in [-0.3, -0.25) is 9.20 Å². The van der Waals surface area contributed by atoms with Crippen molar-refractivity contribution in [2.24, 2.45) is 5.73 Å². The van der Waals surface area contributed by atoms with Crippen LogP contribution in [0.1, 0.15) is 16.8 Å². The minimum Gasteiger partial charge on any atom is -0.491 e. The highest BCUT2D eigenvalue weighted by molar-refractivity contribution is 5.94. The predicted molar refractivity (Wildman–Crippen MR) is 101 cm³/mol. The molecule has 8 nitrogen and oxygen atoms in total. The van der Waals surface area contributed by atoms with Crippen LogP contribution in [0.5, 0.6) is 17.4 Å². The zero-order valence-corrected chi connectivity index (χ0v) is 15.2. The maximum absolute atomic E-state index is 11.5. The molecule has 146 valence electrons. The van der Waals surface area contributed by atoms with Crippen molar-refractivity contribution in [1.82, 2.24) is 9.38 Å². The van der Waals surface area contributed by atoms with Crippen LogP contribution in [0.25, 0.3) is 5.52 Å². The van der Waals surface area contributed by atoms with Crippen molar-refractivity contribution in [1.29, 1.82) is 0 Å². The molecular weight excluding hydrogens is 362 g/mol. The molecule has 3 heterocycles. The lowest BCUT2D eigenvalue weighted by atomic mass is 10.2. The second-order valence-electron chi connectivity index (χ2n) is 6.41. The number of nitrogens with two attached hydrogens (primary N) is 1. The summed E-state index contributed by atoms with van der Waals surface area (Å²) in [7, 11) is 0. The van der Waals surface area contributed by atoms with Gasteiger partial charge in [0.25, 0.3) is 0 Å². The number of rotatable bonds is 8. The summed E-state index contributed by atoms with van der Waals surface area (Å²) < 4.78 is 24.3. The highest BCUT2D eigenvalue weighted by atomic mass is 16.6. The van der Waals surface area contributed by atoms with Gasteiger partial charge >= 0.3 is 0 Å².